The topological polar surface area (TPSA) is 53.5 Å². The van der Waals surface area contributed by atoms with Crippen LogP contribution in [-0.2, 0) is 6.18 Å². The maximum Gasteiger partial charge on any atom is 0.416 e. The van der Waals surface area contributed by atoms with Gasteiger partial charge in [0.2, 0.25) is 0 Å². The van der Waals surface area contributed by atoms with Gasteiger partial charge in [-0.3, -0.25) is 9.59 Å². The van der Waals surface area contributed by atoms with Crippen molar-refractivity contribution in [3.8, 4) is 11.1 Å². The monoisotopic (exact) mass is 527 g/mol. The molecule has 0 atom stereocenters. The minimum Gasteiger partial charge on any atom is -0.339 e. The Bertz CT molecular complexity index is 1260. The molecule has 194 valence electrons. The van der Waals surface area contributed by atoms with E-state index < -0.39 is 11.7 Å². The molecule has 3 aromatic rings. The van der Waals surface area contributed by atoms with Crippen LogP contribution in [0.15, 0.2) is 53.9 Å². The Morgan fingerprint density at radius 1 is 0.838 bits per heavy atom. The molecular formula is C28H28F3N3O2S. The highest BCUT2D eigenvalue weighted by Crippen LogP contribution is 2.34. The number of halogens is 3. The first-order valence-electron chi connectivity index (χ1n) is 12.6. The summed E-state index contributed by atoms with van der Waals surface area (Å²) < 4.78 is 38.9. The summed E-state index contributed by atoms with van der Waals surface area (Å²) in [5.74, 6) is 0.0749. The van der Waals surface area contributed by atoms with E-state index in [9.17, 15) is 22.8 Å². The summed E-state index contributed by atoms with van der Waals surface area (Å²) >= 11 is 1.51. The second kappa shape index (κ2) is 10.7. The summed E-state index contributed by atoms with van der Waals surface area (Å²) in [5, 5.41) is 2.79. The number of hydrogen-bond donors (Lipinski definition) is 0. The molecule has 2 amide bonds. The van der Waals surface area contributed by atoms with Gasteiger partial charge in [0.15, 0.2) is 0 Å². The van der Waals surface area contributed by atoms with E-state index in [1.54, 1.807) is 29.2 Å². The average Bonchev–Trinajstić information content (AvgIpc) is 3.43. The molecule has 5 nitrogen and oxygen atoms in total. The Labute approximate surface area is 217 Å². The third-order valence-corrected chi connectivity index (χ3v) is 8.20. The van der Waals surface area contributed by atoms with Crippen molar-refractivity contribution in [1.29, 1.82) is 0 Å². The van der Waals surface area contributed by atoms with Crippen molar-refractivity contribution in [3.63, 3.8) is 0 Å². The maximum absolute atomic E-state index is 13.4. The van der Waals surface area contributed by atoms with Crippen LogP contribution in [0.3, 0.4) is 0 Å². The predicted octanol–water partition coefficient (Wildman–Crippen LogP) is 6.47. The highest BCUT2D eigenvalue weighted by atomic mass is 32.1. The van der Waals surface area contributed by atoms with Crippen LogP contribution in [0.2, 0.25) is 0 Å². The molecule has 0 spiro atoms. The van der Waals surface area contributed by atoms with Crippen LogP contribution in [0.5, 0.6) is 0 Å². The van der Waals surface area contributed by atoms with Crippen LogP contribution in [0, 0.1) is 0 Å². The molecule has 2 aliphatic heterocycles. The quantitative estimate of drug-likeness (QED) is 0.391. The van der Waals surface area contributed by atoms with Crippen molar-refractivity contribution >= 4 is 23.2 Å². The predicted molar refractivity (Wildman–Crippen MR) is 137 cm³/mol. The molecule has 0 radical (unpaired) electrons. The molecule has 5 rings (SSSR count). The second-order valence-electron chi connectivity index (χ2n) is 9.61. The van der Waals surface area contributed by atoms with Gasteiger partial charge in [0.05, 0.1) is 10.6 Å². The van der Waals surface area contributed by atoms with Crippen molar-refractivity contribution in [3.05, 3.63) is 75.7 Å². The van der Waals surface area contributed by atoms with Crippen molar-refractivity contribution < 1.29 is 22.8 Å². The van der Waals surface area contributed by atoms with Gasteiger partial charge in [0, 0.05) is 43.0 Å². The van der Waals surface area contributed by atoms with E-state index in [-0.39, 0.29) is 17.7 Å². The lowest BCUT2D eigenvalue weighted by Crippen LogP contribution is -2.38. The fourth-order valence-corrected chi connectivity index (χ4v) is 6.06. The second-order valence-corrected chi connectivity index (χ2v) is 10.5. The Balaban J connectivity index is 1.24. The Morgan fingerprint density at radius 2 is 1.49 bits per heavy atom. The number of thiazole rings is 1. The summed E-state index contributed by atoms with van der Waals surface area (Å²) in [6.07, 6.45) is 0.335. The van der Waals surface area contributed by atoms with Gasteiger partial charge in [-0.1, -0.05) is 30.3 Å². The van der Waals surface area contributed by atoms with E-state index >= 15 is 0 Å². The molecule has 2 aromatic carbocycles. The van der Waals surface area contributed by atoms with E-state index in [1.165, 1.54) is 23.5 Å². The van der Waals surface area contributed by atoms with E-state index in [4.69, 9.17) is 0 Å². The minimum absolute atomic E-state index is 0.00897. The molecule has 2 saturated heterocycles. The lowest BCUT2D eigenvalue weighted by molar-refractivity contribution is -0.137. The van der Waals surface area contributed by atoms with Gasteiger partial charge in [-0.05, 0) is 61.4 Å². The van der Waals surface area contributed by atoms with E-state index in [1.807, 2.05) is 10.3 Å². The van der Waals surface area contributed by atoms with Crippen LogP contribution in [0.4, 0.5) is 13.2 Å². The van der Waals surface area contributed by atoms with E-state index in [2.05, 4.69) is 4.98 Å². The van der Waals surface area contributed by atoms with Gasteiger partial charge in [0.1, 0.15) is 5.69 Å². The Kier molecular flexibility index (Phi) is 7.33. The summed E-state index contributed by atoms with van der Waals surface area (Å²) in [4.78, 5) is 34.5. The van der Waals surface area contributed by atoms with Crippen molar-refractivity contribution in [1.82, 2.24) is 14.8 Å². The number of carbonyl (C=O) groups excluding carboxylic acids is 2. The molecule has 0 saturated carbocycles. The largest absolute Gasteiger partial charge is 0.416 e. The van der Waals surface area contributed by atoms with Gasteiger partial charge >= 0.3 is 6.18 Å². The van der Waals surface area contributed by atoms with Crippen LogP contribution in [0.1, 0.15) is 69.4 Å². The average molecular weight is 528 g/mol. The summed E-state index contributed by atoms with van der Waals surface area (Å²) in [6.45, 7) is 2.69. The number of carbonyl (C=O) groups is 2. The zero-order valence-electron chi connectivity index (χ0n) is 20.3. The number of piperidine rings is 2. The number of hydrogen-bond acceptors (Lipinski definition) is 4. The van der Waals surface area contributed by atoms with Gasteiger partial charge in [-0.15, -0.1) is 11.3 Å². The smallest absolute Gasteiger partial charge is 0.339 e. The molecule has 0 bridgehead atoms. The zero-order valence-corrected chi connectivity index (χ0v) is 21.2. The number of nitrogens with zero attached hydrogens (tertiary/aromatic N) is 3. The van der Waals surface area contributed by atoms with Crippen LogP contribution in [-0.4, -0.2) is 52.8 Å². The van der Waals surface area contributed by atoms with Crippen molar-refractivity contribution in [2.45, 2.75) is 44.2 Å². The fraction of sp³-hybridized carbons (Fsp3) is 0.393. The van der Waals surface area contributed by atoms with Gasteiger partial charge in [-0.25, -0.2) is 4.98 Å². The molecule has 1 aromatic heterocycles. The van der Waals surface area contributed by atoms with Gasteiger partial charge in [0.25, 0.3) is 11.8 Å². The first kappa shape index (κ1) is 25.4. The Hall–Kier alpha value is -3.20. The first-order valence-corrected chi connectivity index (χ1v) is 13.5. The number of alkyl halides is 3. The molecule has 9 heteroatoms. The van der Waals surface area contributed by atoms with E-state index in [0.717, 1.165) is 62.3 Å². The standard InChI is InChI=1S/C28H28F3N3O2S/c29-28(30,31)21-10-8-19(9-11-21)22-6-2-3-7-23(22)26(35)34-16-12-20(13-17-34)25-32-24(18-37-25)27(36)33-14-4-1-5-15-33/h2-3,6-11,18,20H,1,4-5,12-17H2. The molecule has 2 aliphatic rings. The lowest BCUT2D eigenvalue weighted by atomic mass is 9.94. The Morgan fingerprint density at radius 3 is 2.16 bits per heavy atom. The molecule has 0 unspecified atom stereocenters. The molecule has 2 fully saturated rings. The van der Waals surface area contributed by atoms with Gasteiger partial charge in [-0.2, -0.15) is 13.2 Å². The molecular weight excluding hydrogens is 499 g/mol. The number of aromatic nitrogens is 1. The summed E-state index contributed by atoms with van der Waals surface area (Å²) in [5.41, 5.74) is 1.46. The third-order valence-electron chi connectivity index (χ3n) is 7.20. The van der Waals surface area contributed by atoms with Crippen LogP contribution >= 0.6 is 11.3 Å². The summed E-state index contributed by atoms with van der Waals surface area (Å²) in [7, 11) is 0. The molecule has 0 N–H and O–H groups in total. The highest BCUT2D eigenvalue weighted by Gasteiger charge is 2.31. The number of rotatable bonds is 4. The van der Waals surface area contributed by atoms with Crippen molar-refractivity contribution in [2.75, 3.05) is 26.2 Å². The number of likely N-dealkylation sites (tertiary alicyclic amines) is 2. The van der Waals surface area contributed by atoms with E-state index in [0.29, 0.717) is 35.5 Å². The molecule has 3 heterocycles. The van der Waals surface area contributed by atoms with Gasteiger partial charge < -0.3 is 9.80 Å². The minimum atomic E-state index is -4.41. The zero-order chi connectivity index (χ0) is 26.0. The lowest BCUT2D eigenvalue weighted by Gasteiger charge is -2.31. The highest BCUT2D eigenvalue weighted by molar-refractivity contribution is 7.09. The van der Waals surface area contributed by atoms with Crippen molar-refractivity contribution in [2.24, 2.45) is 0 Å². The maximum atomic E-state index is 13.4. The first-order chi connectivity index (χ1) is 17.8. The van der Waals surface area contributed by atoms with Crippen LogP contribution in [0.25, 0.3) is 11.1 Å². The number of benzene rings is 2. The van der Waals surface area contributed by atoms with Crippen LogP contribution < -0.4 is 0 Å². The normalized spacial score (nSPS) is 17.2. The molecule has 37 heavy (non-hydrogen) atoms. The number of amides is 2. The SMILES string of the molecule is O=C(c1csc(C2CCN(C(=O)c3ccccc3-c3ccc(C(F)(F)F)cc3)CC2)n1)N1CCCCC1. The third kappa shape index (κ3) is 5.56. The molecule has 0 aliphatic carbocycles. The fourth-order valence-electron chi connectivity index (χ4n) is 5.09. The summed E-state index contributed by atoms with van der Waals surface area (Å²) in [6, 6.07) is 11.9.